The summed E-state index contributed by atoms with van der Waals surface area (Å²) in [6.45, 7) is 0.867. The van der Waals surface area contributed by atoms with Gasteiger partial charge in [0.2, 0.25) is 0 Å². The Morgan fingerprint density at radius 1 is 1.06 bits per heavy atom. The van der Waals surface area contributed by atoms with E-state index in [4.69, 9.17) is 4.74 Å². The predicted octanol–water partition coefficient (Wildman–Crippen LogP) is 3.26. The number of carbonyl (C=O) groups is 2. The summed E-state index contributed by atoms with van der Waals surface area (Å²) in [7, 11) is 3.53. The smallest absolute Gasteiger partial charge is 0.259 e. The molecule has 2 aliphatic rings. The number of fused-ring (bicyclic) bond motifs is 4. The fourth-order valence-corrected chi connectivity index (χ4v) is 5.59. The van der Waals surface area contributed by atoms with E-state index in [1.54, 1.807) is 7.11 Å². The molecule has 2 amide bonds. The molecular formula is C27H25N3O4. The lowest BCUT2D eigenvalue weighted by molar-refractivity contribution is -0.122. The number of nitrogens with zero attached hydrogens (tertiary/aromatic N) is 2. The van der Waals surface area contributed by atoms with E-state index < -0.39 is 5.91 Å². The summed E-state index contributed by atoms with van der Waals surface area (Å²) in [6, 6.07) is 13.8. The molecule has 0 spiro atoms. The van der Waals surface area contributed by atoms with E-state index in [0.717, 1.165) is 46.0 Å². The van der Waals surface area contributed by atoms with Crippen LogP contribution in [0.1, 0.15) is 23.2 Å². The van der Waals surface area contributed by atoms with Gasteiger partial charge in [-0.05, 0) is 43.0 Å². The molecule has 172 valence electrons. The summed E-state index contributed by atoms with van der Waals surface area (Å²) in [5.41, 5.74) is 5.28. The van der Waals surface area contributed by atoms with Crippen LogP contribution in [0.15, 0.2) is 48.7 Å². The molecule has 1 atom stereocenters. The van der Waals surface area contributed by atoms with Crippen molar-refractivity contribution >= 4 is 44.8 Å². The van der Waals surface area contributed by atoms with Gasteiger partial charge in [-0.1, -0.05) is 18.2 Å². The molecule has 2 aromatic carbocycles. The molecular weight excluding hydrogens is 430 g/mol. The number of hydrogen-bond donors (Lipinski definition) is 2. The molecule has 2 aliphatic heterocycles. The van der Waals surface area contributed by atoms with Crippen LogP contribution >= 0.6 is 0 Å². The number of carbonyl (C=O) groups excluding carboxylic acids is 2. The van der Waals surface area contributed by atoms with Crippen molar-refractivity contribution in [3.63, 3.8) is 0 Å². The Balaban J connectivity index is 1.69. The first kappa shape index (κ1) is 20.7. The fourth-order valence-electron chi connectivity index (χ4n) is 5.59. The van der Waals surface area contributed by atoms with E-state index in [1.807, 2.05) is 54.2 Å². The number of amides is 2. The van der Waals surface area contributed by atoms with E-state index in [0.29, 0.717) is 28.9 Å². The van der Waals surface area contributed by atoms with Crippen molar-refractivity contribution in [2.24, 2.45) is 13.0 Å². The van der Waals surface area contributed by atoms with Crippen LogP contribution in [0.5, 0.6) is 5.75 Å². The third-order valence-electron chi connectivity index (χ3n) is 7.23. The van der Waals surface area contributed by atoms with E-state index in [-0.39, 0.29) is 18.4 Å². The highest BCUT2D eigenvalue weighted by Crippen LogP contribution is 2.43. The number of ether oxygens (including phenoxy) is 1. The summed E-state index contributed by atoms with van der Waals surface area (Å²) in [6.07, 6.45) is 3.43. The maximum Gasteiger partial charge on any atom is 0.259 e. The van der Waals surface area contributed by atoms with Gasteiger partial charge in [0.05, 0.1) is 18.3 Å². The average Bonchev–Trinajstić information content (AvgIpc) is 3.45. The quantitative estimate of drug-likeness (QED) is 0.463. The summed E-state index contributed by atoms with van der Waals surface area (Å²) in [5.74, 6) is 0.0324. The molecule has 0 fully saturated rings. The zero-order chi connectivity index (χ0) is 23.6. The zero-order valence-electron chi connectivity index (χ0n) is 19.1. The number of aliphatic hydroxyl groups excluding tert-OH is 1. The molecule has 4 heterocycles. The van der Waals surface area contributed by atoms with Crippen molar-refractivity contribution in [1.82, 2.24) is 14.5 Å². The Morgan fingerprint density at radius 2 is 1.85 bits per heavy atom. The van der Waals surface area contributed by atoms with Gasteiger partial charge in [-0.2, -0.15) is 0 Å². The van der Waals surface area contributed by atoms with Gasteiger partial charge in [0, 0.05) is 65.0 Å². The second-order valence-electron chi connectivity index (χ2n) is 9.10. The maximum absolute atomic E-state index is 13.3. The highest BCUT2D eigenvalue weighted by molar-refractivity contribution is 6.51. The number of nitrogens with one attached hydrogen (secondary N) is 1. The Labute approximate surface area is 196 Å². The Hall–Kier alpha value is -3.84. The molecule has 7 heteroatoms. The first-order chi connectivity index (χ1) is 16.5. The van der Waals surface area contributed by atoms with E-state index in [9.17, 15) is 14.7 Å². The Kier molecular flexibility index (Phi) is 4.64. The standard InChI is InChI=1S/C27H25N3O4/c1-29-13-19(18-12-16(34-2)7-8-20(18)29)24-25(27(33)28-26(24)32)23-17-5-3-4-6-21(17)30-10-9-15(14-31)11-22(23)30/h3-8,12-13,15,31H,9-11,14H2,1-2H3,(H,28,32,33). The van der Waals surface area contributed by atoms with Gasteiger partial charge in [-0.15, -0.1) is 0 Å². The predicted molar refractivity (Wildman–Crippen MR) is 130 cm³/mol. The SMILES string of the molecule is COc1ccc2c(c1)c(C1=C(c3c4n(c5ccccc35)CCC(CO)C4)C(=O)NC1=O)cn2C. The van der Waals surface area contributed by atoms with Crippen LogP contribution in [0.2, 0.25) is 0 Å². The third kappa shape index (κ3) is 2.86. The number of para-hydroxylation sites is 1. The normalized spacial score (nSPS) is 18.1. The molecule has 0 aliphatic carbocycles. The molecule has 2 aromatic heterocycles. The first-order valence-corrected chi connectivity index (χ1v) is 11.5. The summed E-state index contributed by atoms with van der Waals surface area (Å²) in [5, 5.41) is 14.2. The van der Waals surface area contributed by atoms with Gasteiger partial charge >= 0.3 is 0 Å². The zero-order valence-corrected chi connectivity index (χ0v) is 19.1. The number of aliphatic hydroxyl groups is 1. The number of aryl methyl sites for hydroxylation is 2. The number of aromatic nitrogens is 2. The minimum Gasteiger partial charge on any atom is -0.497 e. The average molecular weight is 456 g/mol. The molecule has 0 saturated carbocycles. The molecule has 34 heavy (non-hydrogen) atoms. The first-order valence-electron chi connectivity index (χ1n) is 11.5. The number of methoxy groups -OCH3 is 1. The largest absolute Gasteiger partial charge is 0.497 e. The lowest BCUT2D eigenvalue weighted by Gasteiger charge is -2.24. The number of benzene rings is 2. The van der Waals surface area contributed by atoms with Crippen molar-refractivity contribution < 1.29 is 19.4 Å². The molecule has 7 nitrogen and oxygen atoms in total. The van der Waals surface area contributed by atoms with Crippen molar-refractivity contribution in [2.75, 3.05) is 13.7 Å². The second kappa shape index (κ2) is 7.60. The molecule has 6 rings (SSSR count). The third-order valence-corrected chi connectivity index (χ3v) is 7.23. The highest BCUT2D eigenvalue weighted by atomic mass is 16.5. The van der Waals surface area contributed by atoms with Gasteiger partial charge < -0.3 is 19.0 Å². The van der Waals surface area contributed by atoms with Crippen LogP contribution < -0.4 is 10.1 Å². The van der Waals surface area contributed by atoms with E-state index in [2.05, 4.69) is 16.0 Å². The Morgan fingerprint density at radius 3 is 2.65 bits per heavy atom. The van der Waals surface area contributed by atoms with Crippen LogP contribution in [-0.4, -0.2) is 39.8 Å². The topological polar surface area (TPSA) is 85.5 Å². The van der Waals surface area contributed by atoms with E-state index in [1.165, 1.54) is 0 Å². The van der Waals surface area contributed by atoms with Crippen molar-refractivity contribution in [3.05, 3.63) is 65.5 Å². The molecule has 0 bridgehead atoms. The molecule has 0 saturated heterocycles. The molecule has 1 unspecified atom stereocenters. The lowest BCUT2D eigenvalue weighted by Crippen LogP contribution is -2.24. The minimum absolute atomic E-state index is 0.0983. The minimum atomic E-state index is -0.395. The summed E-state index contributed by atoms with van der Waals surface area (Å²) >= 11 is 0. The van der Waals surface area contributed by atoms with Crippen LogP contribution in [-0.2, 0) is 29.6 Å². The van der Waals surface area contributed by atoms with E-state index >= 15 is 0 Å². The fraction of sp³-hybridized carbons (Fsp3) is 0.259. The van der Waals surface area contributed by atoms with Crippen LogP contribution in [0.3, 0.4) is 0 Å². The van der Waals surface area contributed by atoms with Gasteiger partial charge in [0.25, 0.3) is 11.8 Å². The van der Waals surface area contributed by atoms with Crippen LogP contribution in [0.25, 0.3) is 33.0 Å². The van der Waals surface area contributed by atoms with Crippen LogP contribution in [0.4, 0.5) is 0 Å². The lowest BCUT2D eigenvalue weighted by atomic mass is 9.89. The van der Waals surface area contributed by atoms with Gasteiger partial charge in [-0.3, -0.25) is 14.9 Å². The summed E-state index contributed by atoms with van der Waals surface area (Å²) < 4.78 is 9.63. The maximum atomic E-state index is 13.3. The summed E-state index contributed by atoms with van der Waals surface area (Å²) in [4.78, 5) is 26.6. The highest BCUT2D eigenvalue weighted by Gasteiger charge is 2.38. The van der Waals surface area contributed by atoms with Gasteiger partial charge in [0.15, 0.2) is 0 Å². The van der Waals surface area contributed by atoms with Crippen molar-refractivity contribution in [1.29, 1.82) is 0 Å². The van der Waals surface area contributed by atoms with Crippen molar-refractivity contribution in [2.45, 2.75) is 19.4 Å². The monoisotopic (exact) mass is 455 g/mol. The molecule has 4 aromatic rings. The number of rotatable bonds is 4. The second-order valence-corrected chi connectivity index (χ2v) is 9.10. The molecule has 0 radical (unpaired) electrons. The van der Waals surface area contributed by atoms with Crippen molar-refractivity contribution in [3.8, 4) is 5.75 Å². The van der Waals surface area contributed by atoms with Gasteiger partial charge in [0.1, 0.15) is 5.75 Å². The van der Waals surface area contributed by atoms with Gasteiger partial charge in [-0.25, -0.2) is 0 Å². The van der Waals surface area contributed by atoms with Crippen LogP contribution in [0, 0.1) is 5.92 Å². The Bertz CT molecular complexity index is 1540. The number of imide groups is 1. The molecule has 2 N–H and O–H groups in total. The number of hydrogen-bond acceptors (Lipinski definition) is 4.